The molecule has 0 fully saturated rings. The Morgan fingerprint density at radius 2 is 1.91 bits per heavy atom. The van der Waals surface area contributed by atoms with Gasteiger partial charge in [0.15, 0.2) is 0 Å². The third kappa shape index (κ3) is 3.70. The number of amides is 1. The fourth-order valence-corrected chi connectivity index (χ4v) is 3.09. The summed E-state index contributed by atoms with van der Waals surface area (Å²) < 4.78 is 5.02. The van der Waals surface area contributed by atoms with Crippen molar-refractivity contribution in [2.24, 2.45) is 0 Å². The van der Waals surface area contributed by atoms with Gasteiger partial charge in [0.2, 0.25) is 5.91 Å². The van der Waals surface area contributed by atoms with Gasteiger partial charge in [-0.3, -0.25) is 4.79 Å². The Kier molecular flexibility index (Phi) is 4.33. The monoisotopic (exact) mass is 310 g/mol. The van der Waals surface area contributed by atoms with Crippen molar-refractivity contribution in [2.75, 3.05) is 13.1 Å². The first-order valence-electron chi connectivity index (χ1n) is 7.99. The highest BCUT2D eigenvalue weighted by Gasteiger charge is 2.19. The fourth-order valence-electron chi connectivity index (χ4n) is 3.09. The molecule has 0 radical (unpaired) electrons. The second-order valence-corrected chi connectivity index (χ2v) is 6.30. The third-order valence-electron chi connectivity index (χ3n) is 4.16. The van der Waals surface area contributed by atoms with E-state index in [4.69, 9.17) is 4.52 Å². The summed E-state index contributed by atoms with van der Waals surface area (Å²) in [5, 5.41) is 3.89. The summed E-state index contributed by atoms with van der Waals surface area (Å²) in [6.07, 6.45) is 3.38. The topological polar surface area (TPSA) is 46.3 Å². The number of carbonyl (C=O) groups is 1. The Bertz CT molecular complexity index is 738. The average Bonchev–Trinajstić information content (AvgIpc) is 2.91. The van der Waals surface area contributed by atoms with Crippen LogP contribution in [0.25, 0.3) is 5.57 Å². The summed E-state index contributed by atoms with van der Waals surface area (Å²) in [6.45, 7) is 7.50. The number of hydrogen-bond acceptors (Lipinski definition) is 3. The Hall–Kier alpha value is -2.36. The molecule has 0 saturated carbocycles. The molecule has 0 unspecified atom stereocenters. The van der Waals surface area contributed by atoms with Crippen molar-refractivity contribution in [1.29, 1.82) is 0 Å². The highest BCUT2D eigenvalue weighted by Crippen LogP contribution is 2.24. The smallest absolute Gasteiger partial charge is 0.229 e. The molecule has 0 saturated heterocycles. The van der Waals surface area contributed by atoms with Gasteiger partial charge in [0.25, 0.3) is 0 Å². The van der Waals surface area contributed by atoms with Crippen LogP contribution >= 0.6 is 0 Å². The van der Waals surface area contributed by atoms with Gasteiger partial charge in [-0.05, 0) is 38.3 Å². The van der Waals surface area contributed by atoms with E-state index in [2.05, 4.69) is 43.3 Å². The first-order valence-corrected chi connectivity index (χ1v) is 7.99. The maximum Gasteiger partial charge on any atom is 0.229 e. The maximum absolute atomic E-state index is 12.3. The van der Waals surface area contributed by atoms with Gasteiger partial charge in [0.05, 0.1) is 12.1 Å². The van der Waals surface area contributed by atoms with E-state index in [1.54, 1.807) is 0 Å². The van der Waals surface area contributed by atoms with Gasteiger partial charge in [-0.1, -0.05) is 40.6 Å². The molecule has 0 spiro atoms. The Morgan fingerprint density at radius 1 is 1.17 bits per heavy atom. The Balaban J connectivity index is 1.66. The standard InChI is InChI=1S/C19H22N2O2/c1-13-8-14(2)10-17(9-13)16-4-6-21(7-5-16)19(22)12-18-11-15(3)23-20-18/h4,8-11H,5-7,12H2,1-3H3. The maximum atomic E-state index is 12.3. The lowest BCUT2D eigenvalue weighted by molar-refractivity contribution is -0.130. The van der Waals surface area contributed by atoms with Crippen molar-refractivity contribution >= 4 is 11.5 Å². The molecule has 0 atom stereocenters. The number of rotatable bonds is 3. The van der Waals surface area contributed by atoms with E-state index in [-0.39, 0.29) is 5.91 Å². The van der Waals surface area contributed by atoms with Gasteiger partial charge in [-0.15, -0.1) is 0 Å². The van der Waals surface area contributed by atoms with Crippen LogP contribution < -0.4 is 0 Å². The SMILES string of the molecule is Cc1cc(C)cc(C2=CCN(C(=O)Cc3cc(C)on3)CC2)c1. The van der Waals surface area contributed by atoms with Crippen molar-refractivity contribution in [3.63, 3.8) is 0 Å². The van der Waals surface area contributed by atoms with Gasteiger partial charge in [-0.2, -0.15) is 0 Å². The van der Waals surface area contributed by atoms with Crippen molar-refractivity contribution < 1.29 is 9.32 Å². The van der Waals surface area contributed by atoms with Crippen LogP contribution in [0.5, 0.6) is 0 Å². The van der Waals surface area contributed by atoms with Gasteiger partial charge in [0.1, 0.15) is 5.76 Å². The van der Waals surface area contributed by atoms with Crippen molar-refractivity contribution in [3.8, 4) is 0 Å². The number of nitrogens with zero attached hydrogens (tertiary/aromatic N) is 2. The molecular formula is C19H22N2O2. The summed E-state index contributed by atoms with van der Waals surface area (Å²) in [6, 6.07) is 8.43. The third-order valence-corrected chi connectivity index (χ3v) is 4.16. The molecule has 3 rings (SSSR count). The lowest BCUT2D eigenvalue weighted by Gasteiger charge is -2.26. The van der Waals surface area contributed by atoms with Crippen LogP contribution in [-0.4, -0.2) is 29.1 Å². The van der Waals surface area contributed by atoms with Crippen LogP contribution in [0.1, 0.15) is 34.6 Å². The van der Waals surface area contributed by atoms with E-state index in [0.29, 0.717) is 18.7 Å². The first kappa shape index (κ1) is 15.5. The highest BCUT2D eigenvalue weighted by molar-refractivity contribution is 5.80. The Labute approximate surface area is 136 Å². The zero-order chi connectivity index (χ0) is 16.4. The number of hydrogen-bond donors (Lipinski definition) is 0. The minimum absolute atomic E-state index is 0.106. The van der Waals surface area contributed by atoms with Crippen LogP contribution in [0.3, 0.4) is 0 Å². The van der Waals surface area contributed by atoms with E-state index in [1.165, 1.54) is 22.3 Å². The van der Waals surface area contributed by atoms with E-state index in [0.717, 1.165) is 18.7 Å². The van der Waals surface area contributed by atoms with Crippen LogP contribution in [0.2, 0.25) is 0 Å². The lowest BCUT2D eigenvalue weighted by atomic mass is 9.96. The molecule has 2 aromatic rings. The molecule has 0 aliphatic carbocycles. The molecule has 0 bridgehead atoms. The molecule has 1 aliphatic heterocycles. The molecule has 1 amide bonds. The van der Waals surface area contributed by atoms with Crippen LogP contribution in [-0.2, 0) is 11.2 Å². The second kappa shape index (κ2) is 6.41. The quantitative estimate of drug-likeness (QED) is 0.872. The summed E-state index contributed by atoms with van der Waals surface area (Å²) in [4.78, 5) is 14.2. The van der Waals surface area contributed by atoms with Gasteiger partial charge in [0, 0.05) is 19.2 Å². The number of carbonyl (C=O) groups excluding carboxylic acids is 1. The zero-order valence-electron chi connectivity index (χ0n) is 13.9. The molecule has 0 N–H and O–H groups in total. The fraction of sp³-hybridized carbons (Fsp3) is 0.368. The van der Waals surface area contributed by atoms with Crippen LogP contribution in [0.15, 0.2) is 34.9 Å². The minimum atomic E-state index is 0.106. The number of aryl methyl sites for hydroxylation is 3. The summed E-state index contributed by atoms with van der Waals surface area (Å²) in [5.74, 6) is 0.845. The molecule has 2 heterocycles. The molecule has 23 heavy (non-hydrogen) atoms. The van der Waals surface area contributed by atoms with Crippen LogP contribution in [0, 0.1) is 20.8 Å². The average molecular weight is 310 g/mol. The lowest BCUT2D eigenvalue weighted by Crippen LogP contribution is -2.35. The molecule has 1 aromatic heterocycles. The molecule has 1 aliphatic rings. The summed E-state index contributed by atoms with van der Waals surface area (Å²) in [5.41, 5.74) is 5.87. The first-order chi connectivity index (χ1) is 11.0. The van der Waals surface area contributed by atoms with Gasteiger partial charge >= 0.3 is 0 Å². The largest absolute Gasteiger partial charge is 0.361 e. The van der Waals surface area contributed by atoms with Gasteiger partial charge < -0.3 is 9.42 Å². The minimum Gasteiger partial charge on any atom is -0.361 e. The number of benzene rings is 1. The van der Waals surface area contributed by atoms with Crippen molar-refractivity contribution in [2.45, 2.75) is 33.6 Å². The second-order valence-electron chi connectivity index (χ2n) is 6.30. The molecule has 120 valence electrons. The van der Waals surface area contributed by atoms with Crippen molar-refractivity contribution in [3.05, 3.63) is 58.5 Å². The molecule has 4 heteroatoms. The molecular weight excluding hydrogens is 288 g/mol. The number of aromatic nitrogens is 1. The molecule has 4 nitrogen and oxygen atoms in total. The van der Waals surface area contributed by atoms with E-state index < -0.39 is 0 Å². The van der Waals surface area contributed by atoms with E-state index in [9.17, 15) is 4.79 Å². The Morgan fingerprint density at radius 3 is 2.48 bits per heavy atom. The normalized spacial score (nSPS) is 14.7. The molecule has 1 aromatic carbocycles. The summed E-state index contributed by atoms with van der Waals surface area (Å²) >= 11 is 0. The highest BCUT2D eigenvalue weighted by atomic mass is 16.5. The zero-order valence-corrected chi connectivity index (χ0v) is 13.9. The van der Waals surface area contributed by atoms with Gasteiger partial charge in [-0.25, -0.2) is 0 Å². The summed E-state index contributed by atoms with van der Waals surface area (Å²) in [7, 11) is 0. The van der Waals surface area contributed by atoms with E-state index in [1.807, 2.05) is 17.9 Å². The predicted molar refractivity (Wildman–Crippen MR) is 90.0 cm³/mol. The van der Waals surface area contributed by atoms with E-state index >= 15 is 0 Å². The van der Waals surface area contributed by atoms with Crippen molar-refractivity contribution in [1.82, 2.24) is 10.1 Å². The van der Waals surface area contributed by atoms with Crippen LogP contribution in [0.4, 0.5) is 0 Å². The predicted octanol–water partition coefficient (Wildman–Crippen LogP) is 3.46.